The number of nitrogens with zero attached hydrogens (tertiary/aromatic N) is 1. The number of fused-ring (bicyclic) bond motifs is 1. The normalized spacial score (nSPS) is 11.9. The number of carbonyl (C=O) groups excluding carboxylic acids is 1. The molecule has 6 heteroatoms. The van der Waals surface area contributed by atoms with E-state index in [1.54, 1.807) is 0 Å². The molecule has 0 radical (unpaired) electrons. The van der Waals surface area contributed by atoms with Crippen molar-refractivity contribution >= 4 is 17.2 Å². The molecule has 0 N–H and O–H groups in total. The lowest BCUT2D eigenvalue weighted by atomic mass is 10.1. The number of alkyl halides is 3. The Kier molecular flexibility index (Phi) is 1.99. The van der Waals surface area contributed by atoms with Crippen LogP contribution in [-0.4, -0.2) is 11.4 Å². The van der Waals surface area contributed by atoms with Gasteiger partial charge in [-0.25, -0.2) is 0 Å². The Morgan fingerprint density at radius 1 is 1.33 bits per heavy atom. The first-order valence-electron chi connectivity index (χ1n) is 3.94. The summed E-state index contributed by atoms with van der Waals surface area (Å²) in [5.74, 6) is -0.198. The Morgan fingerprint density at radius 2 is 2.07 bits per heavy atom. The van der Waals surface area contributed by atoms with Crippen LogP contribution < -0.4 is 0 Å². The lowest BCUT2D eigenvalue weighted by molar-refractivity contribution is -0.137. The molecule has 0 fully saturated rings. The number of rotatable bonds is 1. The zero-order valence-electron chi connectivity index (χ0n) is 7.21. The summed E-state index contributed by atoms with van der Waals surface area (Å²) in [5, 5.41) is 3.51. The molecule has 1 heterocycles. The second-order valence-corrected chi connectivity index (χ2v) is 2.89. The SMILES string of the molecule is O=Cc1onc2ccc(C(F)(F)F)cc12. The van der Waals surface area contributed by atoms with Crippen molar-refractivity contribution < 1.29 is 22.5 Å². The van der Waals surface area contributed by atoms with Gasteiger partial charge in [0.1, 0.15) is 5.52 Å². The van der Waals surface area contributed by atoms with Crippen LogP contribution in [0.5, 0.6) is 0 Å². The van der Waals surface area contributed by atoms with E-state index in [-0.39, 0.29) is 16.7 Å². The molecular formula is C9H4F3NO2. The lowest BCUT2D eigenvalue weighted by Crippen LogP contribution is -2.04. The number of halogens is 3. The number of hydrogen-bond acceptors (Lipinski definition) is 3. The van der Waals surface area contributed by atoms with Gasteiger partial charge in [-0.3, -0.25) is 4.79 Å². The van der Waals surface area contributed by atoms with Crippen LogP contribution in [0.1, 0.15) is 16.1 Å². The number of benzene rings is 1. The summed E-state index contributed by atoms with van der Waals surface area (Å²) in [5.41, 5.74) is -0.605. The van der Waals surface area contributed by atoms with Crippen molar-refractivity contribution in [1.29, 1.82) is 0 Å². The molecule has 0 aliphatic carbocycles. The number of aromatic nitrogens is 1. The molecule has 0 aliphatic heterocycles. The van der Waals surface area contributed by atoms with E-state index in [1.165, 1.54) is 0 Å². The molecule has 1 aromatic heterocycles. The molecule has 2 rings (SSSR count). The van der Waals surface area contributed by atoms with Gasteiger partial charge in [-0.05, 0) is 18.2 Å². The number of aldehydes is 1. The van der Waals surface area contributed by atoms with Crippen LogP contribution in [0.15, 0.2) is 22.7 Å². The first-order valence-corrected chi connectivity index (χ1v) is 3.94. The molecule has 0 bridgehead atoms. The van der Waals surface area contributed by atoms with Crippen molar-refractivity contribution in [3.8, 4) is 0 Å². The van der Waals surface area contributed by atoms with Crippen molar-refractivity contribution in [1.82, 2.24) is 5.16 Å². The molecule has 3 nitrogen and oxygen atoms in total. The second kappa shape index (κ2) is 3.08. The first kappa shape index (κ1) is 9.70. The molecule has 0 aliphatic rings. The van der Waals surface area contributed by atoms with E-state index < -0.39 is 11.7 Å². The molecule has 0 atom stereocenters. The van der Waals surface area contributed by atoms with E-state index in [0.717, 1.165) is 18.2 Å². The zero-order chi connectivity index (χ0) is 11.1. The van der Waals surface area contributed by atoms with Crippen LogP contribution >= 0.6 is 0 Å². The fraction of sp³-hybridized carbons (Fsp3) is 0.111. The molecule has 78 valence electrons. The molecule has 0 unspecified atom stereocenters. The van der Waals surface area contributed by atoms with Gasteiger partial charge in [0.15, 0.2) is 6.29 Å². The van der Waals surface area contributed by atoms with Crippen molar-refractivity contribution in [3.63, 3.8) is 0 Å². The fourth-order valence-electron chi connectivity index (χ4n) is 1.22. The van der Waals surface area contributed by atoms with Gasteiger partial charge < -0.3 is 4.52 Å². The van der Waals surface area contributed by atoms with Crippen LogP contribution in [0.25, 0.3) is 10.9 Å². The largest absolute Gasteiger partial charge is 0.416 e. The van der Waals surface area contributed by atoms with Gasteiger partial charge in [0.25, 0.3) is 0 Å². The third-order valence-electron chi connectivity index (χ3n) is 1.94. The Labute approximate surface area is 81.5 Å². The predicted molar refractivity (Wildman–Crippen MR) is 44.4 cm³/mol. The van der Waals surface area contributed by atoms with Gasteiger partial charge >= 0.3 is 6.18 Å². The number of hydrogen-bond donors (Lipinski definition) is 0. The van der Waals surface area contributed by atoms with Crippen LogP contribution in [-0.2, 0) is 6.18 Å². The summed E-state index contributed by atoms with van der Waals surface area (Å²) in [7, 11) is 0. The molecule has 0 amide bonds. The highest BCUT2D eigenvalue weighted by Gasteiger charge is 2.31. The summed E-state index contributed by atoms with van der Waals surface area (Å²) < 4.78 is 41.5. The van der Waals surface area contributed by atoms with Crippen molar-refractivity contribution in [2.24, 2.45) is 0 Å². The maximum atomic E-state index is 12.3. The fourth-order valence-corrected chi connectivity index (χ4v) is 1.22. The maximum Gasteiger partial charge on any atom is 0.416 e. The quantitative estimate of drug-likeness (QED) is 0.687. The highest BCUT2D eigenvalue weighted by atomic mass is 19.4. The minimum atomic E-state index is -4.44. The molecular weight excluding hydrogens is 211 g/mol. The van der Waals surface area contributed by atoms with Gasteiger partial charge in [-0.15, -0.1) is 0 Å². The first-order chi connectivity index (χ1) is 7.02. The molecule has 15 heavy (non-hydrogen) atoms. The molecule has 0 saturated carbocycles. The van der Waals surface area contributed by atoms with E-state index in [1.807, 2.05) is 0 Å². The van der Waals surface area contributed by atoms with Crippen LogP contribution in [0, 0.1) is 0 Å². The minimum Gasteiger partial charge on any atom is -0.352 e. The second-order valence-electron chi connectivity index (χ2n) is 2.89. The topological polar surface area (TPSA) is 43.1 Å². The van der Waals surface area contributed by atoms with Crippen LogP contribution in [0.4, 0.5) is 13.2 Å². The molecule has 0 spiro atoms. The van der Waals surface area contributed by atoms with Gasteiger partial charge in [-0.2, -0.15) is 13.2 Å². The summed E-state index contributed by atoms with van der Waals surface area (Å²) in [6.45, 7) is 0. The number of carbonyl (C=O) groups is 1. The molecule has 0 saturated heterocycles. The molecule has 2 aromatic rings. The Bertz CT molecular complexity index is 516. The van der Waals surface area contributed by atoms with E-state index >= 15 is 0 Å². The van der Waals surface area contributed by atoms with E-state index in [9.17, 15) is 18.0 Å². The van der Waals surface area contributed by atoms with Crippen molar-refractivity contribution in [2.75, 3.05) is 0 Å². The van der Waals surface area contributed by atoms with Gasteiger partial charge in [0, 0.05) is 0 Å². The van der Waals surface area contributed by atoms with Crippen molar-refractivity contribution in [2.45, 2.75) is 6.18 Å². The lowest BCUT2D eigenvalue weighted by Gasteiger charge is -2.04. The third kappa shape index (κ3) is 1.58. The average molecular weight is 215 g/mol. The van der Waals surface area contributed by atoms with Crippen LogP contribution in [0.2, 0.25) is 0 Å². The summed E-state index contributed by atoms with van der Waals surface area (Å²) in [6.07, 6.45) is -4.11. The van der Waals surface area contributed by atoms with Gasteiger partial charge in [0.2, 0.25) is 5.76 Å². The van der Waals surface area contributed by atoms with Crippen LogP contribution in [0.3, 0.4) is 0 Å². The highest BCUT2D eigenvalue weighted by molar-refractivity contribution is 5.93. The summed E-state index contributed by atoms with van der Waals surface area (Å²) in [4.78, 5) is 10.4. The Balaban J connectivity index is 2.68. The Morgan fingerprint density at radius 3 is 2.67 bits per heavy atom. The van der Waals surface area contributed by atoms with Gasteiger partial charge in [-0.1, -0.05) is 5.16 Å². The monoisotopic (exact) mass is 215 g/mol. The molecule has 1 aromatic carbocycles. The average Bonchev–Trinajstić information content (AvgIpc) is 2.57. The van der Waals surface area contributed by atoms with E-state index in [2.05, 4.69) is 9.68 Å². The van der Waals surface area contributed by atoms with E-state index in [4.69, 9.17) is 0 Å². The predicted octanol–water partition coefficient (Wildman–Crippen LogP) is 2.66. The van der Waals surface area contributed by atoms with Crippen molar-refractivity contribution in [3.05, 3.63) is 29.5 Å². The highest BCUT2D eigenvalue weighted by Crippen LogP contribution is 2.31. The third-order valence-corrected chi connectivity index (χ3v) is 1.94. The summed E-state index contributed by atoms with van der Waals surface area (Å²) >= 11 is 0. The van der Waals surface area contributed by atoms with E-state index in [0.29, 0.717) is 6.29 Å². The zero-order valence-corrected chi connectivity index (χ0v) is 7.21. The van der Waals surface area contributed by atoms with Gasteiger partial charge in [0.05, 0.1) is 10.9 Å². The minimum absolute atomic E-state index is 0.0693. The summed E-state index contributed by atoms with van der Waals surface area (Å²) in [6, 6.07) is 2.89. The smallest absolute Gasteiger partial charge is 0.352 e. The maximum absolute atomic E-state index is 12.3. The Hall–Kier alpha value is -1.85. The standard InChI is InChI=1S/C9H4F3NO2/c10-9(11,12)5-1-2-7-6(3-5)8(4-14)15-13-7/h1-4H.